The summed E-state index contributed by atoms with van der Waals surface area (Å²) in [5.41, 5.74) is 1.37. The van der Waals surface area contributed by atoms with Crippen molar-refractivity contribution in [1.29, 1.82) is 5.26 Å². The number of hydrogen-bond donors (Lipinski definition) is 0. The molecule has 3 nitrogen and oxygen atoms in total. The molecular weight excluding hydrogens is 238 g/mol. The molecule has 4 fully saturated rings. The molecule has 4 bridgehead atoms. The minimum atomic E-state index is -0.462. The Bertz CT molecular complexity index is 448. The molecule has 102 valence electrons. The fourth-order valence-electron chi connectivity index (χ4n) is 5.22. The topological polar surface area (TPSA) is 50.1 Å². The van der Waals surface area contributed by atoms with E-state index in [-0.39, 0.29) is 11.0 Å². The quantitative estimate of drug-likeness (QED) is 0.434. The van der Waals surface area contributed by atoms with Gasteiger partial charge in [0, 0.05) is 0 Å². The largest absolute Gasteiger partial charge is 0.465 e. The number of carbonyl (C=O) groups is 1. The summed E-state index contributed by atoms with van der Waals surface area (Å²) in [4.78, 5) is 11.8. The van der Waals surface area contributed by atoms with Crippen molar-refractivity contribution < 1.29 is 9.53 Å². The molecule has 0 amide bonds. The highest BCUT2D eigenvalue weighted by atomic mass is 16.5. The number of methoxy groups -OCH3 is 1. The third-order valence-corrected chi connectivity index (χ3v) is 5.71. The predicted octanol–water partition coefficient (Wildman–Crippen LogP) is 3.22. The van der Waals surface area contributed by atoms with Crippen LogP contribution in [0.2, 0.25) is 0 Å². The van der Waals surface area contributed by atoms with Crippen LogP contribution >= 0.6 is 0 Å². The molecule has 0 spiro atoms. The summed E-state index contributed by atoms with van der Waals surface area (Å²) in [6.07, 6.45) is 7.62. The van der Waals surface area contributed by atoms with Crippen molar-refractivity contribution in [2.24, 2.45) is 23.2 Å². The van der Waals surface area contributed by atoms with Gasteiger partial charge in [0.2, 0.25) is 0 Å². The van der Waals surface area contributed by atoms with Crippen molar-refractivity contribution in [3.63, 3.8) is 0 Å². The zero-order valence-electron chi connectivity index (χ0n) is 11.7. The van der Waals surface area contributed by atoms with Gasteiger partial charge in [-0.1, -0.05) is 0 Å². The van der Waals surface area contributed by atoms with Gasteiger partial charge in [-0.15, -0.1) is 0 Å². The summed E-state index contributed by atoms with van der Waals surface area (Å²) in [7, 11) is 1.35. The zero-order valence-corrected chi connectivity index (χ0v) is 11.7. The van der Waals surface area contributed by atoms with Gasteiger partial charge >= 0.3 is 5.97 Å². The molecule has 0 saturated heterocycles. The summed E-state index contributed by atoms with van der Waals surface area (Å²) in [6.45, 7) is 1.99. The Morgan fingerprint density at radius 1 is 1.16 bits per heavy atom. The van der Waals surface area contributed by atoms with E-state index in [1.54, 1.807) is 0 Å². The number of nitriles is 1. The summed E-state index contributed by atoms with van der Waals surface area (Å²) in [6, 6.07) is 2.08. The average Bonchev–Trinajstić information content (AvgIpc) is 2.37. The van der Waals surface area contributed by atoms with Crippen LogP contribution in [0.5, 0.6) is 0 Å². The Hall–Kier alpha value is -1.30. The second-order valence-electron chi connectivity index (χ2n) is 6.80. The molecule has 4 rings (SSSR count). The molecule has 0 aromatic carbocycles. The number of allylic oxidation sites excluding steroid dienone is 1. The van der Waals surface area contributed by atoms with Gasteiger partial charge in [-0.3, -0.25) is 0 Å². The van der Waals surface area contributed by atoms with Crippen LogP contribution in [0.3, 0.4) is 0 Å². The van der Waals surface area contributed by atoms with Crippen LogP contribution in [0.15, 0.2) is 11.1 Å². The van der Waals surface area contributed by atoms with Crippen LogP contribution in [-0.2, 0) is 9.53 Å². The molecule has 0 aromatic rings. The van der Waals surface area contributed by atoms with E-state index >= 15 is 0 Å². The average molecular weight is 259 g/mol. The number of esters is 1. The Morgan fingerprint density at radius 3 is 2.00 bits per heavy atom. The van der Waals surface area contributed by atoms with Gasteiger partial charge in [0.25, 0.3) is 0 Å². The molecule has 4 aliphatic rings. The van der Waals surface area contributed by atoms with Gasteiger partial charge < -0.3 is 4.74 Å². The van der Waals surface area contributed by atoms with Crippen molar-refractivity contribution in [1.82, 2.24) is 0 Å². The lowest BCUT2D eigenvalue weighted by Crippen LogP contribution is -2.47. The van der Waals surface area contributed by atoms with E-state index in [0.29, 0.717) is 0 Å². The molecule has 3 heteroatoms. The predicted molar refractivity (Wildman–Crippen MR) is 70.9 cm³/mol. The lowest BCUT2D eigenvalue weighted by atomic mass is 9.47. The van der Waals surface area contributed by atoms with Crippen LogP contribution in [-0.4, -0.2) is 13.1 Å². The van der Waals surface area contributed by atoms with E-state index in [2.05, 4.69) is 6.07 Å². The van der Waals surface area contributed by atoms with Crippen molar-refractivity contribution in [2.75, 3.05) is 7.11 Å². The van der Waals surface area contributed by atoms with E-state index in [9.17, 15) is 10.1 Å². The van der Waals surface area contributed by atoms with Crippen LogP contribution in [0.1, 0.15) is 45.4 Å². The lowest BCUT2D eigenvalue weighted by molar-refractivity contribution is -0.135. The zero-order chi connectivity index (χ0) is 13.6. The Balaban J connectivity index is 1.99. The summed E-state index contributed by atoms with van der Waals surface area (Å²) in [5, 5.41) is 9.29. The fourth-order valence-corrected chi connectivity index (χ4v) is 5.22. The Labute approximate surface area is 114 Å². The van der Waals surface area contributed by atoms with Crippen molar-refractivity contribution in [3.05, 3.63) is 11.1 Å². The van der Waals surface area contributed by atoms with Crippen LogP contribution in [0.4, 0.5) is 0 Å². The van der Waals surface area contributed by atoms with Gasteiger partial charge in [0.05, 0.1) is 7.11 Å². The molecule has 4 saturated carbocycles. The van der Waals surface area contributed by atoms with Crippen LogP contribution in [0, 0.1) is 34.5 Å². The second kappa shape index (κ2) is 4.37. The van der Waals surface area contributed by atoms with Crippen LogP contribution < -0.4 is 0 Å². The summed E-state index contributed by atoms with van der Waals surface area (Å²) >= 11 is 0. The maximum Gasteiger partial charge on any atom is 0.348 e. The minimum absolute atomic E-state index is 0.119. The highest BCUT2D eigenvalue weighted by Gasteiger charge is 2.52. The first-order valence-electron chi connectivity index (χ1n) is 7.27. The second-order valence-corrected chi connectivity index (χ2v) is 6.80. The number of carbonyl (C=O) groups excluding carboxylic acids is 1. The number of hydrogen-bond acceptors (Lipinski definition) is 3. The molecule has 0 radical (unpaired) electrons. The van der Waals surface area contributed by atoms with Gasteiger partial charge in [-0.2, -0.15) is 5.26 Å². The standard InChI is InChI=1S/C16H21NO2/c1-10(14(9-17)15(18)19-2)16-6-11-3-12(7-16)5-13(4-11)8-16/h11-13H,3-8H2,1-2H3/b14-10+. The third-order valence-electron chi connectivity index (χ3n) is 5.71. The van der Waals surface area contributed by atoms with E-state index in [1.807, 2.05) is 6.92 Å². The molecule has 0 heterocycles. The van der Waals surface area contributed by atoms with E-state index < -0.39 is 5.97 Å². The molecule has 0 unspecified atom stereocenters. The van der Waals surface area contributed by atoms with Gasteiger partial charge in [-0.25, -0.2) is 4.79 Å². The number of ether oxygens (including phenoxy) is 1. The normalized spacial score (nSPS) is 40.6. The molecule has 0 N–H and O–H groups in total. The smallest absolute Gasteiger partial charge is 0.348 e. The van der Waals surface area contributed by atoms with Gasteiger partial charge in [0.1, 0.15) is 11.6 Å². The molecule has 0 aliphatic heterocycles. The highest BCUT2D eigenvalue weighted by molar-refractivity contribution is 5.93. The van der Waals surface area contributed by atoms with Crippen molar-refractivity contribution in [3.8, 4) is 6.07 Å². The van der Waals surface area contributed by atoms with E-state index in [1.165, 1.54) is 45.6 Å². The maximum atomic E-state index is 11.8. The summed E-state index contributed by atoms with van der Waals surface area (Å²) < 4.78 is 4.77. The highest BCUT2D eigenvalue weighted by Crippen LogP contribution is 2.62. The van der Waals surface area contributed by atoms with Crippen LogP contribution in [0.25, 0.3) is 0 Å². The third kappa shape index (κ3) is 1.89. The Morgan fingerprint density at radius 2 is 1.63 bits per heavy atom. The first-order valence-corrected chi connectivity index (χ1v) is 7.27. The molecule has 19 heavy (non-hydrogen) atoms. The minimum Gasteiger partial charge on any atom is -0.465 e. The fraction of sp³-hybridized carbons (Fsp3) is 0.750. The maximum absolute atomic E-state index is 11.8. The van der Waals surface area contributed by atoms with Crippen molar-refractivity contribution >= 4 is 5.97 Å². The SMILES string of the molecule is COC(=O)/C(C#N)=C(\C)C12CC3CC(CC(C3)C1)C2. The molecule has 0 aromatic heterocycles. The lowest BCUT2D eigenvalue weighted by Gasteiger charge is -2.57. The summed E-state index contributed by atoms with van der Waals surface area (Å²) in [5.74, 6) is 1.99. The first kappa shape index (κ1) is 12.7. The molecule has 4 aliphatic carbocycles. The number of rotatable bonds is 2. The van der Waals surface area contributed by atoms with Crippen molar-refractivity contribution in [2.45, 2.75) is 45.4 Å². The monoisotopic (exact) mass is 259 g/mol. The number of nitrogens with zero attached hydrogens (tertiary/aromatic N) is 1. The first-order chi connectivity index (χ1) is 9.08. The van der Waals surface area contributed by atoms with E-state index in [0.717, 1.165) is 23.3 Å². The molecular formula is C16H21NO2. The molecule has 0 atom stereocenters. The van der Waals surface area contributed by atoms with Gasteiger partial charge in [-0.05, 0) is 74.2 Å². The van der Waals surface area contributed by atoms with E-state index in [4.69, 9.17) is 4.74 Å². The Kier molecular flexibility index (Phi) is 2.92. The van der Waals surface area contributed by atoms with Gasteiger partial charge in [0.15, 0.2) is 0 Å².